The lowest BCUT2D eigenvalue weighted by molar-refractivity contribution is -0.384. The van der Waals surface area contributed by atoms with Crippen LogP contribution in [-0.2, 0) is 4.79 Å². The van der Waals surface area contributed by atoms with Crippen LogP contribution >= 0.6 is 0 Å². The van der Waals surface area contributed by atoms with Gasteiger partial charge in [-0.25, -0.2) is 0 Å². The van der Waals surface area contributed by atoms with E-state index in [-0.39, 0.29) is 11.3 Å². The third-order valence-electron chi connectivity index (χ3n) is 4.06. The van der Waals surface area contributed by atoms with Gasteiger partial charge in [-0.15, -0.1) is 0 Å². The summed E-state index contributed by atoms with van der Waals surface area (Å²) in [6.07, 6.45) is -4.74. The Balaban J connectivity index is 2.43. The molecule has 1 aliphatic heterocycles. The standard InChI is InChI=1S/C14H14F3N3O5/c1-18-12(21)7-2-3-10(11(4-7)20(24)25)19-5-8(13(22)23)9(6-19)14(15,16)17/h2-4,8-9H,5-6H2,1H3,(H,18,21)(H,22,23)/t8-,9-/m1/s1. The highest BCUT2D eigenvalue weighted by molar-refractivity contribution is 5.95. The van der Waals surface area contributed by atoms with Crippen LogP contribution in [0.4, 0.5) is 24.5 Å². The van der Waals surface area contributed by atoms with E-state index in [1.54, 1.807) is 0 Å². The van der Waals surface area contributed by atoms with Crippen molar-refractivity contribution in [3.8, 4) is 0 Å². The molecule has 0 aliphatic carbocycles. The van der Waals surface area contributed by atoms with Crippen molar-refractivity contribution in [2.24, 2.45) is 11.8 Å². The summed E-state index contributed by atoms with van der Waals surface area (Å²) in [5, 5.41) is 22.6. The van der Waals surface area contributed by atoms with E-state index in [0.717, 1.165) is 17.0 Å². The van der Waals surface area contributed by atoms with Gasteiger partial charge in [-0.3, -0.25) is 19.7 Å². The van der Waals surface area contributed by atoms with Crippen molar-refractivity contribution in [3.63, 3.8) is 0 Å². The summed E-state index contributed by atoms with van der Waals surface area (Å²) >= 11 is 0. The molecule has 1 saturated heterocycles. The van der Waals surface area contributed by atoms with Gasteiger partial charge in [-0.1, -0.05) is 0 Å². The minimum atomic E-state index is -4.74. The predicted molar refractivity (Wildman–Crippen MR) is 79.4 cm³/mol. The molecule has 8 nitrogen and oxygen atoms in total. The normalized spacial score (nSPS) is 20.4. The third-order valence-corrected chi connectivity index (χ3v) is 4.06. The molecule has 1 aliphatic rings. The lowest BCUT2D eigenvalue weighted by atomic mass is 9.96. The van der Waals surface area contributed by atoms with Crippen molar-refractivity contribution in [1.29, 1.82) is 0 Å². The SMILES string of the molecule is CNC(=O)c1ccc(N2C[C@@H](C(F)(F)F)[C@H](C(=O)O)C2)c([N+](=O)[O-])c1. The van der Waals surface area contributed by atoms with E-state index < -0.39 is 53.6 Å². The Bertz CT molecular complexity index is 722. The summed E-state index contributed by atoms with van der Waals surface area (Å²) in [5.74, 6) is -6.07. The van der Waals surface area contributed by atoms with Crippen molar-refractivity contribution in [2.45, 2.75) is 6.18 Å². The first-order chi connectivity index (χ1) is 11.6. The molecule has 2 rings (SSSR count). The molecule has 1 fully saturated rings. The number of halogens is 3. The van der Waals surface area contributed by atoms with Crippen LogP contribution in [0.15, 0.2) is 18.2 Å². The maximum atomic E-state index is 13.1. The molecule has 11 heteroatoms. The summed E-state index contributed by atoms with van der Waals surface area (Å²) in [6.45, 7) is -1.22. The second-order valence-electron chi connectivity index (χ2n) is 5.54. The van der Waals surface area contributed by atoms with Gasteiger partial charge < -0.3 is 15.3 Å². The van der Waals surface area contributed by atoms with Crippen molar-refractivity contribution < 1.29 is 32.8 Å². The monoisotopic (exact) mass is 361 g/mol. The average molecular weight is 361 g/mol. The summed E-state index contributed by atoms with van der Waals surface area (Å²) in [7, 11) is 1.33. The van der Waals surface area contributed by atoms with E-state index in [9.17, 15) is 32.9 Å². The molecular formula is C14H14F3N3O5. The fraction of sp³-hybridized carbons (Fsp3) is 0.429. The van der Waals surface area contributed by atoms with Gasteiger partial charge in [0, 0.05) is 31.8 Å². The number of nitrogens with one attached hydrogen (secondary N) is 1. The molecule has 1 heterocycles. The predicted octanol–water partition coefficient (Wildman–Crippen LogP) is 1.65. The number of carboxylic acid groups (broad SMARTS) is 1. The number of anilines is 1. The van der Waals surface area contributed by atoms with Gasteiger partial charge in [0.2, 0.25) is 0 Å². The summed E-state index contributed by atoms with van der Waals surface area (Å²) in [4.78, 5) is 34.1. The average Bonchev–Trinajstić information content (AvgIpc) is 2.99. The molecule has 2 N–H and O–H groups in total. The molecule has 0 unspecified atom stereocenters. The Hall–Kier alpha value is -2.85. The number of nitro groups is 1. The highest BCUT2D eigenvalue weighted by Crippen LogP contribution is 2.41. The van der Waals surface area contributed by atoms with Gasteiger partial charge >= 0.3 is 12.1 Å². The number of nitrogens with zero attached hydrogens (tertiary/aromatic N) is 2. The molecule has 0 spiro atoms. The number of rotatable bonds is 4. The third kappa shape index (κ3) is 3.64. The van der Waals surface area contributed by atoms with E-state index >= 15 is 0 Å². The highest BCUT2D eigenvalue weighted by Gasteiger charge is 2.53. The minimum absolute atomic E-state index is 0.0284. The van der Waals surface area contributed by atoms with Crippen LogP contribution in [0.2, 0.25) is 0 Å². The number of carbonyl (C=O) groups excluding carboxylic acids is 1. The quantitative estimate of drug-likeness (QED) is 0.623. The Morgan fingerprint density at radius 1 is 1.36 bits per heavy atom. The lowest BCUT2D eigenvalue weighted by Crippen LogP contribution is -2.33. The molecule has 0 bridgehead atoms. The topological polar surface area (TPSA) is 113 Å². The first-order valence-corrected chi connectivity index (χ1v) is 7.11. The second-order valence-corrected chi connectivity index (χ2v) is 5.54. The van der Waals surface area contributed by atoms with E-state index in [1.807, 2.05) is 0 Å². The molecule has 1 aromatic carbocycles. The second kappa shape index (κ2) is 6.57. The van der Waals surface area contributed by atoms with Crippen molar-refractivity contribution in [3.05, 3.63) is 33.9 Å². The Morgan fingerprint density at radius 2 is 2.00 bits per heavy atom. The van der Waals surface area contributed by atoms with Gasteiger partial charge in [0.1, 0.15) is 5.69 Å². The zero-order valence-corrected chi connectivity index (χ0v) is 12.9. The number of amides is 1. The van der Waals surface area contributed by atoms with E-state index in [4.69, 9.17) is 5.11 Å². The molecule has 1 aromatic rings. The lowest BCUT2D eigenvalue weighted by Gasteiger charge is -2.19. The zero-order chi connectivity index (χ0) is 18.9. The van der Waals surface area contributed by atoms with Crippen LogP contribution in [0, 0.1) is 22.0 Å². The number of alkyl halides is 3. The number of carboxylic acids is 1. The van der Waals surface area contributed by atoms with E-state index in [1.165, 1.54) is 13.1 Å². The molecule has 136 valence electrons. The summed E-state index contributed by atoms with van der Waals surface area (Å²) in [5.41, 5.74) is -0.747. The molecule has 0 saturated carbocycles. The minimum Gasteiger partial charge on any atom is -0.481 e. The molecule has 0 radical (unpaired) electrons. The van der Waals surface area contributed by atoms with Crippen LogP contribution in [0.5, 0.6) is 0 Å². The first kappa shape index (κ1) is 18.5. The molecule has 25 heavy (non-hydrogen) atoms. The first-order valence-electron chi connectivity index (χ1n) is 7.11. The largest absolute Gasteiger partial charge is 0.481 e. The number of hydrogen-bond donors (Lipinski definition) is 2. The van der Waals surface area contributed by atoms with Crippen LogP contribution in [0.3, 0.4) is 0 Å². The van der Waals surface area contributed by atoms with Crippen LogP contribution < -0.4 is 10.2 Å². The molecule has 0 aromatic heterocycles. The van der Waals surface area contributed by atoms with E-state index in [0.29, 0.717) is 0 Å². The maximum absolute atomic E-state index is 13.1. The van der Waals surface area contributed by atoms with Gasteiger partial charge in [0.15, 0.2) is 0 Å². The van der Waals surface area contributed by atoms with Gasteiger partial charge in [0.05, 0.1) is 16.8 Å². The summed E-state index contributed by atoms with van der Waals surface area (Å²) < 4.78 is 39.2. The highest BCUT2D eigenvalue weighted by atomic mass is 19.4. The number of hydrogen-bond acceptors (Lipinski definition) is 5. The van der Waals surface area contributed by atoms with Gasteiger partial charge in [-0.2, -0.15) is 13.2 Å². The van der Waals surface area contributed by atoms with Crippen molar-refractivity contribution in [1.82, 2.24) is 5.32 Å². The summed E-state index contributed by atoms with van der Waals surface area (Å²) in [6, 6.07) is 3.34. The number of aliphatic carboxylic acids is 1. The maximum Gasteiger partial charge on any atom is 0.394 e. The fourth-order valence-electron chi connectivity index (χ4n) is 2.81. The molecule has 2 atom stereocenters. The van der Waals surface area contributed by atoms with Gasteiger partial charge in [-0.05, 0) is 12.1 Å². The Labute approximate surface area is 139 Å². The zero-order valence-electron chi connectivity index (χ0n) is 12.9. The molecular weight excluding hydrogens is 347 g/mol. The number of nitro benzene ring substituents is 1. The fourth-order valence-corrected chi connectivity index (χ4v) is 2.81. The Morgan fingerprint density at radius 3 is 2.44 bits per heavy atom. The van der Waals surface area contributed by atoms with Crippen LogP contribution in [-0.4, -0.2) is 48.2 Å². The molecule has 1 amide bonds. The Kier molecular flexibility index (Phi) is 4.86. The number of benzene rings is 1. The van der Waals surface area contributed by atoms with Crippen LogP contribution in [0.1, 0.15) is 10.4 Å². The van der Waals surface area contributed by atoms with E-state index in [2.05, 4.69) is 5.32 Å². The van der Waals surface area contributed by atoms with Gasteiger partial charge in [0.25, 0.3) is 11.6 Å². The smallest absolute Gasteiger partial charge is 0.394 e. The van der Waals surface area contributed by atoms with Crippen molar-refractivity contribution >= 4 is 23.3 Å². The van der Waals surface area contributed by atoms with Crippen LogP contribution in [0.25, 0.3) is 0 Å². The van der Waals surface area contributed by atoms with Crippen molar-refractivity contribution in [2.75, 3.05) is 25.0 Å². The number of carbonyl (C=O) groups is 2.